The van der Waals surface area contributed by atoms with Crippen LogP contribution in [0.5, 0.6) is 0 Å². The third kappa shape index (κ3) is 5.24. The number of benzene rings is 1. The van der Waals surface area contributed by atoms with Crippen molar-refractivity contribution in [3.8, 4) is 0 Å². The number of aliphatic hydroxyl groups excluding tert-OH is 1. The minimum absolute atomic E-state index is 0.142. The molecule has 0 aliphatic carbocycles. The first-order chi connectivity index (χ1) is 9.06. The SMILES string of the molecule is COCC(CO)NC(=O)/C=C/c1ccc(C)cc1C. The molecule has 104 valence electrons. The second kappa shape index (κ2) is 7.71. The lowest BCUT2D eigenvalue weighted by Gasteiger charge is -2.13. The molecule has 1 aromatic rings. The van der Waals surface area contributed by atoms with Crippen molar-refractivity contribution in [3.05, 3.63) is 41.0 Å². The van der Waals surface area contributed by atoms with Gasteiger partial charge in [0.2, 0.25) is 5.91 Å². The standard InChI is InChI=1S/C15H21NO3/c1-11-4-5-13(12(2)8-11)6-7-15(18)16-14(9-17)10-19-3/h4-8,14,17H,9-10H2,1-3H3,(H,16,18)/b7-6+. The first kappa shape index (κ1) is 15.4. The van der Waals surface area contributed by atoms with Crippen molar-refractivity contribution in [2.75, 3.05) is 20.3 Å². The van der Waals surface area contributed by atoms with Gasteiger partial charge in [0.15, 0.2) is 0 Å². The van der Waals surface area contributed by atoms with Gasteiger partial charge in [-0.3, -0.25) is 4.79 Å². The lowest BCUT2D eigenvalue weighted by atomic mass is 10.1. The minimum Gasteiger partial charge on any atom is -0.394 e. The van der Waals surface area contributed by atoms with E-state index in [2.05, 4.69) is 11.4 Å². The summed E-state index contributed by atoms with van der Waals surface area (Å²) in [4.78, 5) is 11.7. The molecule has 1 unspecified atom stereocenters. The number of amides is 1. The zero-order chi connectivity index (χ0) is 14.3. The summed E-state index contributed by atoms with van der Waals surface area (Å²) in [6.45, 7) is 4.19. The number of aryl methyl sites for hydroxylation is 2. The third-order valence-electron chi connectivity index (χ3n) is 2.77. The van der Waals surface area contributed by atoms with Crippen molar-refractivity contribution < 1.29 is 14.6 Å². The predicted octanol–water partition coefficient (Wildman–Crippen LogP) is 1.44. The number of nitrogens with one attached hydrogen (secondary N) is 1. The lowest BCUT2D eigenvalue weighted by molar-refractivity contribution is -0.117. The van der Waals surface area contributed by atoms with E-state index in [0.29, 0.717) is 6.61 Å². The van der Waals surface area contributed by atoms with E-state index in [-0.39, 0.29) is 18.6 Å². The highest BCUT2D eigenvalue weighted by Crippen LogP contribution is 2.11. The molecule has 1 amide bonds. The summed E-state index contributed by atoms with van der Waals surface area (Å²) >= 11 is 0. The molecule has 0 aromatic heterocycles. The van der Waals surface area contributed by atoms with Crippen molar-refractivity contribution >= 4 is 12.0 Å². The summed E-state index contributed by atoms with van der Waals surface area (Å²) < 4.78 is 4.89. The zero-order valence-corrected chi connectivity index (χ0v) is 11.6. The van der Waals surface area contributed by atoms with Crippen LogP contribution in [0.2, 0.25) is 0 Å². The fourth-order valence-electron chi connectivity index (χ4n) is 1.77. The van der Waals surface area contributed by atoms with Gasteiger partial charge in [0.1, 0.15) is 0 Å². The molecule has 2 N–H and O–H groups in total. The Bertz CT molecular complexity index is 455. The van der Waals surface area contributed by atoms with E-state index in [1.54, 1.807) is 6.08 Å². The molecule has 1 atom stereocenters. The predicted molar refractivity (Wildman–Crippen MR) is 75.8 cm³/mol. The van der Waals surface area contributed by atoms with E-state index in [4.69, 9.17) is 9.84 Å². The van der Waals surface area contributed by atoms with E-state index in [9.17, 15) is 4.79 Å². The number of carbonyl (C=O) groups is 1. The van der Waals surface area contributed by atoms with E-state index in [0.717, 1.165) is 11.1 Å². The second-order valence-corrected chi connectivity index (χ2v) is 4.54. The maximum Gasteiger partial charge on any atom is 0.244 e. The summed E-state index contributed by atoms with van der Waals surface area (Å²) in [6.07, 6.45) is 3.24. The van der Waals surface area contributed by atoms with Crippen LogP contribution in [0.15, 0.2) is 24.3 Å². The fraction of sp³-hybridized carbons (Fsp3) is 0.400. The average Bonchev–Trinajstić information content (AvgIpc) is 2.37. The van der Waals surface area contributed by atoms with Crippen molar-refractivity contribution in [1.82, 2.24) is 5.32 Å². The summed E-state index contributed by atoms with van der Waals surface area (Å²) in [7, 11) is 1.53. The number of ether oxygens (including phenoxy) is 1. The zero-order valence-electron chi connectivity index (χ0n) is 11.6. The van der Waals surface area contributed by atoms with Gasteiger partial charge in [-0.1, -0.05) is 23.8 Å². The van der Waals surface area contributed by atoms with Crippen LogP contribution in [0.25, 0.3) is 6.08 Å². The summed E-state index contributed by atoms with van der Waals surface area (Å²) in [6, 6.07) is 5.68. The van der Waals surface area contributed by atoms with Crippen molar-refractivity contribution in [3.63, 3.8) is 0 Å². The van der Waals surface area contributed by atoms with Gasteiger partial charge in [-0.2, -0.15) is 0 Å². The maximum absolute atomic E-state index is 11.7. The molecule has 0 fully saturated rings. The molecule has 19 heavy (non-hydrogen) atoms. The molecule has 0 saturated heterocycles. The van der Waals surface area contributed by atoms with E-state index >= 15 is 0 Å². The number of aliphatic hydroxyl groups is 1. The number of rotatable bonds is 6. The van der Waals surface area contributed by atoms with Gasteiger partial charge in [-0.25, -0.2) is 0 Å². The molecule has 1 rings (SSSR count). The van der Waals surface area contributed by atoms with Gasteiger partial charge in [-0.05, 0) is 31.1 Å². The summed E-state index contributed by atoms with van der Waals surface area (Å²) in [5, 5.41) is 11.7. The fourth-order valence-corrected chi connectivity index (χ4v) is 1.77. The lowest BCUT2D eigenvalue weighted by Crippen LogP contribution is -2.39. The molecule has 0 bridgehead atoms. The van der Waals surface area contributed by atoms with Crippen LogP contribution in [-0.2, 0) is 9.53 Å². The van der Waals surface area contributed by atoms with Crippen LogP contribution in [-0.4, -0.2) is 37.4 Å². The Labute approximate surface area is 114 Å². The average molecular weight is 263 g/mol. The van der Waals surface area contributed by atoms with E-state index < -0.39 is 0 Å². The quantitative estimate of drug-likeness (QED) is 0.764. The Morgan fingerprint density at radius 2 is 2.21 bits per heavy atom. The van der Waals surface area contributed by atoms with Crippen LogP contribution in [0, 0.1) is 13.8 Å². The molecule has 0 spiro atoms. The molecule has 0 saturated carbocycles. The Morgan fingerprint density at radius 3 is 2.79 bits per heavy atom. The monoisotopic (exact) mass is 263 g/mol. The summed E-state index contributed by atoms with van der Waals surface area (Å²) in [5.74, 6) is -0.240. The van der Waals surface area contributed by atoms with Crippen LogP contribution >= 0.6 is 0 Å². The molecular weight excluding hydrogens is 242 g/mol. The third-order valence-corrected chi connectivity index (χ3v) is 2.77. The van der Waals surface area contributed by atoms with Gasteiger partial charge in [0.25, 0.3) is 0 Å². The van der Waals surface area contributed by atoms with Gasteiger partial charge >= 0.3 is 0 Å². The van der Waals surface area contributed by atoms with Crippen molar-refractivity contribution in [1.29, 1.82) is 0 Å². The molecule has 4 nitrogen and oxygen atoms in total. The Kier molecular flexibility index (Phi) is 6.25. The van der Waals surface area contributed by atoms with Crippen molar-refractivity contribution in [2.24, 2.45) is 0 Å². The van der Waals surface area contributed by atoms with Crippen LogP contribution < -0.4 is 5.32 Å². The van der Waals surface area contributed by atoms with Gasteiger partial charge in [-0.15, -0.1) is 0 Å². The molecule has 0 aliphatic rings. The highest BCUT2D eigenvalue weighted by atomic mass is 16.5. The van der Waals surface area contributed by atoms with Crippen LogP contribution in [0.1, 0.15) is 16.7 Å². The largest absolute Gasteiger partial charge is 0.394 e. The second-order valence-electron chi connectivity index (χ2n) is 4.54. The highest BCUT2D eigenvalue weighted by molar-refractivity contribution is 5.92. The number of carbonyl (C=O) groups excluding carboxylic acids is 1. The Morgan fingerprint density at radius 1 is 1.47 bits per heavy atom. The Hall–Kier alpha value is -1.65. The van der Waals surface area contributed by atoms with Gasteiger partial charge in [0, 0.05) is 13.2 Å². The normalized spacial score (nSPS) is 12.6. The van der Waals surface area contributed by atoms with Crippen molar-refractivity contribution in [2.45, 2.75) is 19.9 Å². The Balaban J connectivity index is 2.62. The topological polar surface area (TPSA) is 58.6 Å². The molecular formula is C15H21NO3. The van der Waals surface area contributed by atoms with Crippen LogP contribution in [0.3, 0.4) is 0 Å². The molecule has 0 radical (unpaired) electrons. The van der Waals surface area contributed by atoms with Crippen LogP contribution in [0.4, 0.5) is 0 Å². The molecule has 1 aromatic carbocycles. The minimum atomic E-state index is -0.374. The number of hydrogen-bond donors (Lipinski definition) is 2. The number of methoxy groups -OCH3 is 1. The molecule has 0 aliphatic heterocycles. The highest BCUT2D eigenvalue weighted by Gasteiger charge is 2.08. The van der Waals surface area contributed by atoms with E-state index in [1.165, 1.54) is 18.7 Å². The number of hydrogen-bond acceptors (Lipinski definition) is 3. The maximum atomic E-state index is 11.7. The van der Waals surface area contributed by atoms with Gasteiger partial charge < -0.3 is 15.2 Å². The van der Waals surface area contributed by atoms with Gasteiger partial charge in [0.05, 0.1) is 19.3 Å². The van der Waals surface area contributed by atoms with E-state index in [1.807, 2.05) is 26.0 Å². The summed E-state index contributed by atoms with van der Waals surface area (Å²) in [5.41, 5.74) is 3.33. The molecule has 4 heteroatoms. The first-order valence-electron chi connectivity index (χ1n) is 6.22. The molecule has 0 heterocycles. The first-order valence-corrected chi connectivity index (χ1v) is 6.22. The smallest absolute Gasteiger partial charge is 0.244 e.